The van der Waals surface area contributed by atoms with E-state index in [1.54, 1.807) is 0 Å². The van der Waals surface area contributed by atoms with Crippen LogP contribution in [0.2, 0.25) is 0 Å². The number of hydrogen-bond acceptors (Lipinski definition) is 2. The van der Waals surface area contributed by atoms with Gasteiger partial charge in [0.1, 0.15) is 0 Å². The summed E-state index contributed by atoms with van der Waals surface area (Å²) in [4.78, 5) is 2.40. The highest BCUT2D eigenvalue weighted by Gasteiger charge is 2.19. The molecule has 0 bridgehead atoms. The SMILES string of the molecule is Cc1ccc(N)c(CN(C)CC2CCC2)c1. The van der Waals surface area contributed by atoms with Crippen molar-refractivity contribution in [3.8, 4) is 0 Å². The van der Waals surface area contributed by atoms with Crippen molar-refractivity contribution in [3.05, 3.63) is 29.3 Å². The lowest BCUT2D eigenvalue weighted by molar-refractivity contribution is 0.200. The van der Waals surface area contributed by atoms with Gasteiger partial charge in [-0.25, -0.2) is 0 Å². The first kappa shape index (κ1) is 11.5. The second kappa shape index (κ2) is 4.88. The maximum absolute atomic E-state index is 5.99. The monoisotopic (exact) mass is 218 g/mol. The van der Waals surface area contributed by atoms with E-state index in [1.165, 1.54) is 36.9 Å². The zero-order chi connectivity index (χ0) is 11.5. The van der Waals surface area contributed by atoms with Crippen LogP contribution in [-0.4, -0.2) is 18.5 Å². The van der Waals surface area contributed by atoms with Crippen molar-refractivity contribution in [1.82, 2.24) is 4.90 Å². The summed E-state index contributed by atoms with van der Waals surface area (Å²) in [6.07, 6.45) is 4.24. The quantitative estimate of drug-likeness (QED) is 0.787. The lowest BCUT2D eigenvalue weighted by Crippen LogP contribution is -2.29. The van der Waals surface area contributed by atoms with Gasteiger partial charge in [-0.15, -0.1) is 0 Å². The third kappa shape index (κ3) is 2.76. The van der Waals surface area contributed by atoms with Gasteiger partial charge in [-0.1, -0.05) is 24.1 Å². The molecule has 0 aromatic heterocycles. The Bertz CT molecular complexity index is 356. The molecule has 2 nitrogen and oxygen atoms in total. The number of nitrogens with two attached hydrogens (primary N) is 1. The molecule has 1 aliphatic rings. The molecule has 0 unspecified atom stereocenters. The normalized spacial score (nSPS) is 16.4. The molecule has 1 aromatic carbocycles. The molecule has 2 N–H and O–H groups in total. The minimum absolute atomic E-state index is 0.922. The Labute approximate surface area is 98.4 Å². The molecule has 1 aromatic rings. The summed E-state index contributed by atoms with van der Waals surface area (Å²) in [6, 6.07) is 6.29. The van der Waals surface area contributed by atoms with E-state index in [0.717, 1.165) is 18.2 Å². The third-order valence-corrected chi connectivity index (χ3v) is 3.53. The molecule has 0 heterocycles. The van der Waals surface area contributed by atoms with Gasteiger partial charge < -0.3 is 10.6 Å². The van der Waals surface area contributed by atoms with Crippen molar-refractivity contribution in [1.29, 1.82) is 0 Å². The minimum atomic E-state index is 0.922. The molecule has 0 spiro atoms. The van der Waals surface area contributed by atoms with Crippen molar-refractivity contribution in [2.45, 2.75) is 32.7 Å². The van der Waals surface area contributed by atoms with Gasteiger partial charge in [0.25, 0.3) is 0 Å². The van der Waals surface area contributed by atoms with Crippen LogP contribution in [0.4, 0.5) is 5.69 Å². The molecule has 1 saturated carbocycles. The zero-order valence-corrected chi connectivity index (χ0v) is 10.4. The first-order valence-electron chi connectivity index (χ1n) is 6.18. The smallest absolute Gasteiger partial charge is 0.0359 e. The summed E-state index contributed by atoms with van der Waals surface area (Å²) in [6.45, 7) is 4.31. The van der Waals surface area contributed by atoms with Crippen LogP contribution in [0.25, 0.3) is 0 Å². The molecule has 88 valence electrons. The van der Waals surface area contributed by atoms with E-state index in [0.29, 0.717) is 0 Å². The number of rotatable bonds is 4. The minimum Gasteiger partial charge on any atom is -0.398 e. The Kier molecular flexibility index (Phi) is 3.49. The molecule has 1 fully saturated rings. The number of aryl methyl sites for hydroxylation is 1. The Morgan fingerprint density at radius 1 is 1.38 bits per heavy atom. The second-order valence-corrected chi connectivity index (χ2v) is 5.20. The van der Waals surface area contributed by atoms with Crippen molar-refractivity contribution in [3.63, 3.8) is 0 Å². The molecule has 2 rings (SSSR count). The van der Waals surface area contributed by atoms with Crippen molar-refractivity contribution in [2.24, 2.45) is 5.92 Å². The number of nitrogen functional groups attached to an aromatic ring is 1. The van der Waals surface area contributed by atoms with E-state index in [2.05, 4.69) is 31.0 Å². The van der Waals surface area contributed by atoms with Crippen LogP contribution in [0.3, 0.4) is 0 Å². The highest BCUT2D eigenvalue weighted by atomic mass is 15.1. The predicted octanol–water partition coefficient (Wildman–Crippen LogP) is 2.81. The molecule has 0 radical (unpaired) electrons. The van der Waals surface area contributed by atoms with Gasteiger partial charge in [0, 0.05) is 18.8 Å². The van der Waals surface area contributed by atoms with E-state index >= 15 is 0 Å². The Morgan fingerprint density at radius 2 is 2.12 bits per heavy atom. The molecule has 0 aliphatic heterocycles. The highest BCUT2D eigenvalue weighted by molar-refractivity contribution is 5.48. The molecular formula is C14H22N2. The fourth-order valence-corrected chi connectivity index (χ4v) is 2.34. The zero-order valence-electron chi connectivity index (χ0n) is 10.4. The lowest BCUT2D eigenvalue weighted by atomic mass is 9.85. The maximum Gasteiger partial charge on any atom is 0.0359 e. The number of benzene rings is 1. The maximum atomic E-state index is 5.99. The van der Waals surface area contributed by atoms with E-state index in [9.17, 15) is 0 Å². The summed E-state index contributed by atoms with van der Waals surface area (Å²) in [5.74, 6) is 0.927. The van der Waals surface area contributed by atoms with Crippen LogP contribution >= 0.6 is 0 Å². The molecule has 2 heteroatoms. The largest absolute Gasteiger partial charge is 0.398 e. The number of anilines is 1. The van der Waals surface area contributed by atoms with E-state index in [1.807, 2.05) is 6.07 Å². The van der Waals surface area contributed by atoms with E-state index in [-0.39, 0.29) is 0 Å². The van der Waals surface area contributed by atoms with Crippen molar-refractivity contribution in [2.75, 3.05) is 19.3 Å². The van der Waals surface area contributed by atoms with Gasteiger partial charge >= 0.3 is 0 Å². The molecule has 16 heavy (non-hydrogen) atoms. The number of hydrogen-bond donors (Lipinski definition) is 1. The average Bonchev–Trinajstić information content (AvgIpc) is 2.18. The summed E-state index contributed by atoms with van der Waals surface area (Å²) in [5, 5.41) is 0. The summed E-state index contributed by atoms with van der Waals surface area (Å²) in [7, 11) is 2.19. The summed E-state index contributed by atoms with van der Waals surface area (Å²) >= 11 is 0. The average molecular weight is 218 g/mol. The van der Waals surface area contributed by atoms with Crippen molar-refractivity contribution < 1.29 is 0 Å². The van der Waals surface area contributed by atoms with Crippen LogP contribution in [0.5, 0.6) is 0 Å². The lowest BCUT2D eigenvalue weighted by Gasteiger charge is -2.30. The predicted molar refractivity (Wildman–Crippen MR) is 69.3 cm³/mol. The van der Waals surface area contributed by atoms with Crippen LogP contribution in [0.1, 0.15) is 30.4 Å². The fourth-order valence-electron chi connectivity index (χ4n) is 2.34. The van der Waals surface area contributed by atoms with E-state index in [4.69, 9.17) is 5.73 Å². The Morgan fingerprint density at radius 3 is 2.75 bits per heavy atom. The van der Waals surface area contributed by atoms with Gasteiger partial charge in [-0.3, -0.25) is 0 Å². The molecular weight excluding hydrogens is 196 g/mol. The molecule has 0 atom stereocenters. The van der Waals surface area contributed by atoms with Crippen LogP contribution in [0.15, 0.2) is 18.2 Å². The van der Waals surface area contributed by atoms with Crippen LogP contribution in [-0.2, 0) is 6.54 Å². The fraction of sp³-hybridized carbons (Fsp3) is 0.571. The van der Waals surface area contributed by atoms with Gasteiger partial charge in [-0.2, -0.15) is 0 Å². The summed E-state index contributed by atoms with van der Waals surface area (Å²) in [5.41, 5.74) is 9.47. The molecule has 0 saturated heterocycles. The summed E-state index contributed by atoms with van der Waals surface area (Å²) < 4.78 is 0. The Balaban J connectivity index is 1.93. The first-order valence-corrected chi connectivity index (χ1v) is 6.18. The van der Waals surface area contributed by atoms with Gasteiger partial charge in [-0.05, 0) is 44.4 Å². The number of nitrogens with zero attached hydrogens (tertiary/aromatic N) is 1. The topological polar surface area (TPSA) is 29.3 Å². The highest BCUT2D eigenvalue weighted by Crippen LogP contribution is 2.27. The van der Waals surface area contributed by atoms with Crippen LogP contribution in [0, 0.1) is 12.8 Å². The first-order chi connectivity index (χ1) is 7.65. The van der Waals surface area contributed by atoms with E-state index < -0.39 is 0 Å². The van der Waals surface area contributed by atoms with Gasteiger partial charge in [0.05, 0.1) is 0 Å². The second-order valence-electron chi connectivity index (χ2n) is 5.20. The van der Waals surface area contributed by atoms with Gasteiger partial charge in [0.2, 0.25) is 0 Å². The standard InChI is InChI=1S/C14H22N2/c1-11-6-7-14(15)13(8-11)10-16(2)9-12-4-3-5-12/h6-8,12H,3-5,9-10,15H2,1-2H3. The van der Waals surface area contributed by atoms with Crippen LogP contribution < -0.4 is 5.73 Å². The Hall–Kier alpha value is -1.02. The third-order valence-electron chi connectivity index (χ3n) is 3.53. The van der Waals surface area contributed by atoms with Gasteiger partial charge in [0.15, 0.2) is 0 Å². The van der Waals surface area contributed by atoms with Crippen molar-refractivity contribution >= 4 is 5.69 Å². The molecule has 0 amide bonds. The molecule has 1 aliphatic carbocycles.